The normalized spacial score (nSPS) is 28.3. The Morgan fingerprint density at radius 1 is 1.06 bits per heavy atom. The molecular weight excluding hydrogens is 904 g/mol. The van der Waals surface area contributed by atoms with Crippen LogP contribution in [-0.2, 0) is 10.0 Å². The van der Waals surface area contributed by atoms with Gasteiger partial charge in [0.25, 0.3) is 21.6 Å². The highest BCUT2D eigenvalue weighted by Crippen LogP contribution is 2.56. The van der Waals surface area contributed by atoms with Gasteiger partial charge in [0.05, 0.1) is 38.6 Å². The minimum atomic E-state index is -4.72. The zero-order valence-corrected chi connectivity index (χ0v) is 40.1. The summed E-state index contributed by atoms with van der Waals surface area (Å²) in [4.78, 5) is 39.9. The first-order valence-electron chi connectivity index (χ1n) is 24.2. The molecule has 6 atom stereocenters. The van der Waals surface area contributed by atoms with Crippen LogP contribution < -0.4 is 24.4 Å². The Bertz CT molecular complexity index is 2960. The summed E-state index contributed by atoms with van der Waals surface area (Å²) in [6, 6.07) is 19.0. The largest absolute Gasteiger partial charge is 0.489 e. The molecule has 11 rings (SSSR count). The summed E-state index contributed by atoms with van der Waals surface area (Å²) in [6.45, 7) is 10.2. The van der Waals surface area contributed by atoms with Gasteiger partial charge in [-0.3, -0.25) is 24.7 Å². The fraction of sp³-hybridized carbons (Fsp3) is 0.490. The van der Waals surface area contributed by atoms with E-state index in [4.69, 9.17) is 9.47 Å². The highest BCUT2D eigenvalue weighted by molar-refractivity contribution is 7.90. The number of likely N-dealkylation sites (tertiary alicyclic amines) is 2. The molecule has 5 aromatic rings. The van der Waals surface area contributed by atoms with Gasteiger partial charge in [0, 0.05) is 80.3 Å². The van der Waals surface area contributed by atoms with Crippen molar-refractivity contribution in [3.63, 3.8) is 0 Å². The lowest BCUT2D eigenvalue weighted by Crippen LogP contribution is -2.64. The van der Waals surface area contributed by atoms with Gasteiger partial charge in [-0.15, -0.1) is 0 Å². The van der Waals surface area contributed by atoms with Crippen molar-refractivity contribution in [3.05, 3.63) is 106 Å². The van der Waals surface area contributed by atoms with E-state index in [9.17, 15) is 32.8 Å². The first kappa shape index (κ1) is 45.6. The number of halogens is 1. The lowest BCUT2D eigenvalue weighted by atomic mass is 9.70. The van der Waals surface area contributed by atoms with Crippen LogP contribution in [0.5, 0.6) is 17.2 Å². The number of carbonyl (C=O) groups is 1. The van der Waals surface area contributed by atoms with Gasteiger partial charge in [0.1, 0.15) is 29.6 Å². The molecule has 4 aliphatic heterocycles. The number of benzene rings is 3. The molecule has 2 aromatic heterocycles. The number of piperidine rings is 2. The molecule has 0 radical (unpaired) electrons. The number of aliphatic hydroxyl groups is 1. The maximum absolute atomic E-state index is 14.7. The van der Waals surface area contributed by atoms with Crippen molar-refractivity contribution in [3.8, 4) is 17.2 Å². The number of likely N-dealkylation sites (N-methyl/N-ethyl adjacent to an activating group) is 1. The predicted molar refractivity (Wildman–Crippen MR) is 258 cm³/mol. The van der Waals surface area contributed by atoms with Crippen molar-refractivity contribution in [2.45, 2.75) is 112 Å². The number of nitro benzene ring substituents is 1. The molecular formula is C51H59FN8O8S. The second-order valence-electron chi connectivity index (χ2n) is 21.1. The maximum atomic E-state index is 14.7. The monoisotopic (exact) mass is 962 g/mol. The molecule has 18 heteroatoms. The number of aromatic amines is 1. The fourth-order valence-electron chi connectivity index (χ4n) is 12.4. The topological polar surface area (TPSA) is 195 Å². The van der Waals surface area contributed by atoms with E-state index >= 15 is 0 Å². The Hall–Kier alpha value is -5.82. The molecule has 69 heavy (non-hydrogen) atoms. The van der Waals surface area contributed by atoms with Gasteiger partial charge in [-0.1, -0.05) is 38.1 Å². The first-order valence-corrected chi connectivity index (χ1v) is 25.7. The first-order chi connectivity index (χ1) is 33.0. The van der Waals surface area contributed by atoms with E-state index in [0.29, 0.717) is 61.3 Å². The summed E-state index contributed by atoms with van der Waals surface area (Å²) >= 11 is 0. The Balaban J connectivity index is 0.811. The van der Waals surface area contributed by atoms with E-state index in [2.05, 4.69) is 79.9 Å². The van der Waals surface area contributed by atoms with Crippen LogP contribution in [0.25, 0.3) is 11.0 Å². The van der Waals surface area contributed by atoms with Gasteiger partial charge in [0.2, 0.25) is 0 Å². The van der Waals surface area contributed by atoms with E-state index < -0.39 is 42.9 Å². The summed E-state index contributed by atoms with van der Waals surface area (Å²) in [7, 11) is -2.46. The summed E-state index contributed by atoms with van der Waals surface area (Å²) in [5.74, 6) is -0.418. The van der Waals surface area contributed by atoms with Crippen LogP contribution in [0, 0.1) is 27.3 Å². The van der Waals surface area contributed by atoms with Crippen molar-refractivity contribution in [2.75, 3.05) is 50.1 Å². The Morgan fingerprint density at radius 2 is 1.81 bits per heavy atom. The van der Waals surface area contributed by atoms with E-state index in [1.807, 2.05) is 0 Å². The Kier molecular flexibility index (Phi) is 11.2. The molecule has 6 heterocycles. The number of nitro groups is 1. The van der Waals surface area contributed by atoms with E-state index in [1.54, 1.807) is 19.1 Å². The number of anilines is 2. The average Bonchev–Trinajstić information content (AvgIpc) is 3.56. The average molecular weight is 963 g/mol. The fourth-order valence-corrected chi connectivity index (χ4v) is 13.4. The number of hydrogen-bond acceptors (Lipinski definition) is 13. The summed E-state index contributed by atoms with van der Waals surface area (Å²) in [6.07, 6.45) is 8.29. The number of aromatic nitrogens is 2. The zero-order valence-electron chi connectivity index (χ0n) is 39.3. The standard InChI is InChI=1S/C51H59FN8O8S/c1-29(2)34-7-5-6-8-35(34)45-40(23-42-47(45)57(42)4)59-27-51(28-59)15-17-58(18-16-51)31-9-10-36(43(19-31)68-32-20-37-38(52)25-54-48(37)53-24-32)49(61)56-69(65,66)33-21-41(60(63)64)46-44(22-33)67-26-39(55-46)30-11-13-50(3,62)14-12-30/h5-10,19-22,24-25,29-30,39-40,42,45,47,55,62H,11-18,23,26-28H2,1-4H3,(H,53,54)(H,56,61)/t30-,39-,40-,42?,45-,47?,50-,57?/m1/s1. The Morgan fingerprint density at radius 3 is 2.55 bits per heavy atom. The van der Waals surface area contributed by atoms with Crippen LogP contribution in [0.15, 0.2) is 78.0 Å². The molecule has 3 saturated heterocycles. The predicted octanol–water partition coefficient (Wildman–Crippen LogP) is 7.90. The van der Waals surface area contributed by atoms with Crippen molar-refractivity contribution >= 4 is 44.0 Å². The molecule has 16 nitrogen and oxygen atoms in total. The number of pyridine rings is 1. The van der Waals surface area contributed by atoms with Crippen LogP contribution >= 0.6 is 0 Å². The van der Waals surface area contributed by atoms with Gasteiger partial charge in [-0.05, 0) is 105 Å². The molecule has 4 N–H and O–H groups in total. The van der Waals surface area contributed by atoms with Crippen LogP contribution in [-0.4, -0.2) is 114 Å². The zero-order chi connectivity index (χ0) is 48.1. The number of ether oxygens (including phenoxy) is 2. The van der Waals surface area contributed by atoms with Gasteiger partial charge in [0.15, 0.2) is 11.4 Å². The van der Waals surface area contributed by atoms with Gasteiger partial charge in [-0.25, -0.2) is 22.5 Å². The highest BCUT2D eigenvalue weighted by atomic mass is 32.2. The lowest BCUT2D eigenvalue weighted by molar-refractivity contribution is -0.384. The quantitative estimate of drug-likeness (QED) is 0.0567. The van der Waals surface area contributed by atoms with Crippen LogP contribution in [0.2, 0.25) is 0 Å². The number of nitrogens with one attached hydrogen (secondary N) is 3. The van der Waals surface area contributed by atoms with Crippen LogP contribution in [0.4, 0.5) is 21.5 Å². The smallest absolute Gasteiger partial charge is 0.297 e. The number of sulfonamides is 1. The highest BCUT2D eigenvalue weighted by Gasteiger charge is 2.62. The van der Waals surface area contributed by atoms with Crippen molar-refractivity contribution in [1.82, 2.24) is 24.5 Å². The second kappa shape index (κ2) is 16.9. The van der Waals surface area contributed by atoms with Crippen LogP contribution in [0.1, 0.15) is 99.0 Å². The summed E-state index contributed by atoms with van der Waals surface area (Å²) < 4.78 is 57.0. The van der Waals surface area contributed by atoms with E-state index in [0.717, 1.165) is 50.8 Å². The van der Waals surface area contributed by atoms with E-state index in [1.165, 1.54) is 48.1 Å². The third-order valence-electron chi connectivity index (χ3n) is 16.4. The second-order valence-corrected chi connectivity index (χ2v) is 22.8. The molecule has 2 saturated carbocycles. The number of amides is 1. The summed E-state index contributed by atoms with van der Waals surface area (Å²) in [5, 5.41) is 26.3. The molecule has 6 aliphatic rings. The molecule has 0 bridgehead atoms. The molecule has 3 unspecified atom stereocenters. The minimum absolute atomic E-state index is 0.0177. The number of H-pyrrole nitrogens is 1. The minimum Gasteiger partial charge on any atom is -0.489 e. The Labute approximate surface area is 400 Å². The SMILES string of the molecule is CC(C)c1ccccc1[C@H]1C2C(C[C@H]1N1CC3(CCN(c4ccc(C(=O)NS(=O)(=O)c5cc6c(c([N+](=O)[O-])c5)N[C@@H]([C@H]5CC[C@](C)(O)CC5)CO6)c(Oc5cnc6[nH]cc(F)c6c5)c4)CC3)C1)N2C. The third-order valence-corrected chi connectivity index (χ3v) is 17.7. The van der Waals surface area contributed by atoms with Crippen LogP contribution in [0.3, 0.4) is 0 Å². The number of nitrogens with zero attached hydrogens (tertiary/aromatic N) is 5. The molecule has 1 amide bonds. The van der Waals surface area contributed by atoms with Crippen molar-refractivity contribution in [1.29, 1.82) is 0 Å². The van der Waals surface area contributed by atoms with Crippen molar-refractivity contribution in [2.24, 2.45) is 11.3 Å². The lowest BCUT2D eigenvalue weighted by Gasteiger charge is -2.57. The molecule has 1 spiro atoms. The number of rotatable bonds is 11. The molecule has 2 aliphatic carbocycles. The number of fused-ring (bicyclic) bond motifs is 3. The van der Waals surface area contributed by atoms with Gasteiger partial charge < -0.3 is 29.8 Å². The molecule has 3 aromatic carbocycles. The van der Waals surface area contributed by atoms with Crippen molar-refractivity contribution < 1.29 is 37.1 Å². The number of hydrogen-bond donors (Lipinski definition) is 4. The molecule has 5 fully saturated rings. The number of carbonyl (C=O) groups excluding carboxylic acids is 1. The third kappa shape index (κ3) is 8.35. The van der Waals surface area contributed by atoms with E-state index in [-0.39, 0.29) is 57.9 Å². The molecule has 364 valence electrons. The maximum Gasteiger partial charge on any atom is 0.297 e. The van der Waals surface area contributed by atoms with Gasteiger partial charge >= 0.3 is 0 Å². The van der Waals surface area contributed by atoms with Gasteiger partial charge in [-0.2, -0.15) is 0 Å². The summed E-state index contributed by atoms with van der Waals surface area (Å²) in [5.41, 5.74) is 2.89.